The Morgan fingerprint density at radius 2 is 2.25 bits per heavy atom. The van der Waals surface area contributed by atoms with Crippen molar-refractivity contribution in [2.75, 3.05) is 5.32 Å². The molecule has 0 fully saturated rings. The Balaban J connectivity index is 2.02. The van der Waals surface area contributed by atoms with Crippen LogP contribution in [0.25, 0.3) is 0 Å². The zero-order valence-electron chi connectivity index (χ0n) is 11.8. The zero-order chi connectivity index (χ0) is 14.5. The van der Waals surface area contributed by atoms with E-state index in [0.29, 0.717) is 5.82 Å². The van der Waals surface area contributed by atoms with E-state index >= 15 is 0 Å². The number of imidazole rings is 1. The number of hydrogen-bond donors (Lipinski definition) is 1. The standard InChI is InChI=1S/C14H18N4OS/c1-4-11(20-14-15-7-8-18(14)3)13(19)17-12-6-5-10(2)9-16-12/h5-9,11H,4H2,1-3H3,(H,16,17,19). The van der Waals surface area contributed by atoms with Crippen molar-refractivity contribution in [1.82, 2.24) is 14.5 Å². The van der Waals surface area contributed by atoms with Crippen LogP contribution < -0.4 is 5.32 Å². The topological polar surface area (TPSA) is 59.8 Å². The van der Waals surface area contributed by atoms with Crippen LogP contribution in [0, 0.1) is 6.92 Å². The number of amides is 1. The van der Waals surface area contributed by atoms with Gasteiger partial charge in [0, 0.05) is 25.6 Å². The molecule has 0 aliphatic carbocycles. The van der Waals surface area contributed by atoms with Crippen LogP contribution in [0.15, 0.2) is 35.9 Å². The third-order valence-electron chi connectivity index (χ3n) is 2.85. The summed E-state index contributed by atoms with van der Waals surface area (Å²) in [6.45, 7) is 3.95. The molecule has 0 aliphatic rings. The highest BCUT2D eigenvalue weighted by atomic mass is 32.2. The molecule has 2 heterocycles. The highest BCUT2D eigenvalue weighted by molar-refractivity contribution is 8.00. The first-order chi connectivity index (χ1) is 9.60. The van der Waals surface area contributed by atoms with Crippen LogP contribution in [0.1, 0.15) is 18.9 Å². The molecule has 2 aromatic heterocycles. The molecule has 1 amide bonds. The maximum atomic E-state index is 12.3. The van der Waals surface area contributed by atoms with Crippen LogP contribution in [0.3, 0.4) is 0 Å². The van der Waals surface area contributed by atoms with Crippen LogP contribution in [0.4, 0.5) is 5.82 Å². The number of rotatable bonds is 5. The molecule has 0 spiro atoms. The van der Waals surface area contributed by atoms with Crippen molar-refractivity contribution in [3.05, 3.63) is 36.3 Å². The van der Waals surface area contributed by atoms with Gasteiger partial charge in [-0.05, 0) is 25.0 Å². The van der Waals surface area contributed by atoms with Crippen molar-refractivity contribution >= 4 is 23.5 Å². The summed E-state index contributed by atoms with van der Waals surface area (Å²) in [6.07, 6.45) is 6.07. The minimum atomic E-state index is -0.181. The molecule has 0 aliphatic heterocycles. The second-order valence-corrected chi connectivity index (χ2v) is 5.72. The SMILES string of the molecule is CCC(Sc1nccn1C)C(=O)Nc1ccc(C)cn1. The van der Waals surface area contributed by atoms with Crippen LogP contribution in [-0.4, -0.2) is 25.7 Å². The summed E-state index contributed by atoms with van der Waals surface area (Å²) in [5.74, 6) is 0.538. The molecule has 0 saturated carbocycles. The van der Waals surface area contributed by atoms with Gasteiger partial charge < -0.3 is 9.88 Å². The summed E-state index contributed by atoms with van der Waals surface area (Å²) in [5, 5.41) is 3.50. The van der Waals surface area contributed by atoms with E-state index < -0.39 is 0 Å². The van der Waals surface area contributed by atoms with Gasteiger partial charge in [-0.2, -0.15) is 0 Å². The largest absolute Gasteiger partial charge is 0.329 e. The van der Waals surface area contributed by atoms with Gasteiger partial charge in [-0.15, -0.1) is 0 Å². The van der Waals surface area contributed by atoms with E-state index in [2.05, 4.69) is 15.3 Å². The molecule has 0 bridgehead atoms. The molecular formula is C14H18N4OS. The lowest BCUT2D eigenvalue weighted by Crippen LogP contribution is -2.25. The number of aryl methyl sites for hydroxylation is 2. The van der Waals surface area contributed by atoms with Crippen molar-refractivity contribution in [2.24, 2.45) is 7.05 Å². The highest BCUT2D eigenvalue weighted by Gasteiger charge is 2.20. The van der Waals surface area contributed by atoms with Crippen LogP contribution in [0.2, 0.25) is 0 Å². The van der Waals surface area contributed by atoms with E-state index in [1.165, 1.54) is 11.8 Å². The predicted octanol–water partition coefficient (Wildman–Crippen LogP) is 2.63. The summed E-state index contributed by atoms with van der Waals surface area (Å²) in [5.41, 5.74) is 1.07. The molecule has 0 radical (unpaired) electrons. The Labute approximate surface area is 122 Å². The molecule has 20 heavy (non-hydrogen) atoms. The number of pyridine rings is 1. The smallest absolute Gasteiger partial charge is 0.239 e. The number of nitrogens with zero attached hydrogens (tertiary/aromatic N) is 3. The van der Waals surface area contributed by atoms with Gasteiger partial charge in [0.25, 0.3) is 0 Å². The number of thioether (sulfide) groups is 1. The van der Waals surface area contributed by atoms with E-state index in [4.69, 9.17) is 0 Å². The average molecular weight is 290 g/mol. The van der Waals surface area contributed by atoms with Gasteiger partial charge in [-0.3, -0.25) is 4.79 Å². The summed E-state index contributed by atoms with van der Waals surface area (Å²) in [7, 11) is 1.92. The minimum Gasteiger partial charge on any atom is -0.329 e. The fourth-order valence-electron chi connectivity index (χ4n) is 1.66. The van der Waals surface area contributed by atoms with Gasteiger partial charge in [0.05, 0.1) is 5.25 Å². The van der Waals surface area contributed by atoms with Crippen LogP contribution >= 0.6 is 11.8 Å². The zero-order valence-corrected chi connectivity index (χ0v) is 12.6. The summed E-state index contributed by atoms with van der Waals surface area (Å²) < 4.78 is 1.91. The molecule has 1 N–H and O–H groups in total. The molecule has 6 heteroatoms. The Hall–Kier alpha value is -1.82. The lowest BCUT2D eigenvalue weighted by atomic mass is 10.3. The normalized spacial score (nSPS) is 12.2. The Morgan fingerprint density at radius 3 is 2.80 bits per heavy atom. The number of hydrogen-bond acceptors (Lipinski definition) is 4. The predicted molar refractivity (Wildman–Crippen MR) is 80.7 cm³/mol. The molecule has 2 rings (SSSR count). The Bertz CT molecular complexity index is 579. The first kappa shape index (κ1) is 14.6. The van der Waals surface area contributed by atoms with Crippen molar-refractivity contribution in [2.45, 2.75) is 30.7 Å². The Morgan fingerprint density at radius 1 is 1.45 bits per heavy atom. The quantitative estimate of drug-likeness (QED) is 0.860. The van der Waals surface area contributed by atoms with Crippen molar-refractivity contribution in [3.8, 4) is 0 Å². The minimum absolute atomic E-state index is 0.0446. The van der Waals surface area contributed by atoms with E-state index in [1.807, 2.05) is 43.8 Å². The molecule has 1 unspecified atom stereocenters. The number of nitrogens with one attached hydrogen (secondary N) is 1. The third-order valence-corrected chi connectivity index (χ3v) is 4.29. The summed E-state index contributed by atoms with van der Waals surface area (Å²) >= 11 is 1.46. The van der Waals surface area contributed by atoms with Gasteiger partial charge in [0.15, 0.2) is 5.16 Å². The number of anilines is 1. The van der Waals surface area contributed by atoms with Gasteiger partial charge in [-0.1, -0.05) is 24.8 Å². The molecule has 5 nitrogen and oxygen atoms in total. The molecular weight excluding hydrogens is 272 g/mol. The van der Waals surface area contributed by atoms with Gasteiger partial charge in [0.1, 0.15) is 5.82 Å². The average Bonchev–Trinajstić information content (AvgIpc) is 2.84. The third kappa shape index (κ3) is 3.60. The maximum Gasteiger partial charge on any atom is 0.239 e. The summed E-state index contributed by atoms with van der Waals surface area (Å²) in [4.78, 5) is 20.7. The number of carbonyl (C=O) groups is 1. The fraction of sp³-hybridized carbons (Fsp3) is 0.357. The molecule has 0 saturated heterocycles. The highest BCUT2D eigenvalue weighted by Crippen LogP contribution is 2.24. The second-order valence-electron chi connectivity index (χ2n) is 4.55. The number of carbonyl (C=O) groups excluding carboxylic acids is 1. The van der Waals surface area contributed by atoms with Gasteiger partial charge in [-0.25, -0.2) is 9.97 Å². The van der Waals surface area contributed by atoms with Crippen LogP contribution in [0.5, 0.6) is 0 Å². The first-order valence-electron chi connectivity index (χ1n) is 6.47. The maximum absolute atomic E-state index is 12.3. The van der Waals surface area contributed by atoms with Crippen molar-refractivity contribution in [1.29, 1.82) is 0 Å². The lowest BCUT2D eigenvalue weighted by molar-refractivity contribution is -0.115. The molecule has 2 aromatic rings. The fourth-order valence-corrected chi connectivity index (χ4v) is 2.60. The van der Waals surface area contributed by atoms with E-state index in [9.17, 15) is 4.79 Å². The van der Waals surface area contributed by atoms with Gasteiger partial charge in [0.2, 0.25) is 5.91 Å². The van der Waals surface area contributed by atoms with Gasteiger partial charge >= 0.3 is 0 Å². The second kappa shape index (κ2) is 6.56. The summed E-state index contributed by atoms with van der Waals surface area (Å²) in [6, 6.07) is 3.74. The van der Waals surface area contributed by atoms with Crippen molar-refractivity contribution < 1.29 is 4.79 Å². The van der Waals surface area contributed by atoms with E-state index in [1.54, 1.807) is 12.4 Å². The molecule has 1 atom stereocenters. The molecule has 0 aromatic carbocycles. The van der Waals surface area contributed by atoms with E-state index in [-0.39, 0.29) is 11.2 Å². The lowest BCUT2D eigenvalue weighted by Gasteiger charge is -2.13. The monoisotopic (exact) mass is 290 g/mol. The van der Waals surface area contributed by atoms with Crippen LogP contribution in [-0.2, 0) is 11.8 Å². The first-order valence-corrected chi connectivity index (χ1v) is 7.35. The Kier molecular flexibility index (Phi) is 4.79. The molecule has 106 valence electrons. The number of aromatic nitrogens is 3. The van der Waals surface area contributed by atoms with E-state index in [0.717, 1.165) is 17.1 Å². The van der Waals surface area contributed by atoms with Crippen molar-refractivity contribution in [3.63, 3.8) is 0 Å².